The van der Waals surface area contributed by atoms with Gasteiger partial charge < -0.3 is 5.32 Å². The average Bonchev–Trinajstić information content (AvgIpc) is 3.12. The average molecular weight is 430 g/mol. The van der Waals surface area contributed by atoms with Crippen LogP contribution >= 0.6 is 11.3 Å². The molecule has 0 atom stereocenters. The van der Waals surface area contributed by atoms with Crippen LogP contribution in [-0.2, 0) is 16.1 Å². The molecule has 3 heterocycles. The maximum Gasteiger partial charge on any atom is 0.262 e. The minimum atomic E-state index is -0.346. The topological polar surface area (TPSA) is 84.3 Å². The van der Waals surface area contributed by atoms with Crippen molar-refractivity contribution in [1.82, 2.24) is 9.55 Å². The Kier molecular flexibility index (Phi) is 4.63. The monoisotopic (exact) mass is 430 g/mol. The van der Waals surface area contributed by atoms with Crippen LogP contribution in [0.1, 0.15) is 5.56 Å². The van der Waals surface area contributed by atoms with Gasteiger partial charge in [-0.25, -0.2) is 4.98 Å². The van der Waals surface area contributed by atoms with E-state index in [0.717, 1.165) is 16.0 Å². The molecule has 0 unspecified atom stereocenters. The Morgan fingerprint density at radius 1 is 1.10 bits per heavy atom. The molecule has 2 aromatic heterocycles. The maximum absolute atomic E-state index is 13.2. The summed E-state index contributed by atoms with van der Waals surface area (Å²) >= 11 is 1.47. The number of hydrogen-bond acceptors (Lipinski definition) is 5. The smallest absolute Gasteiger partial charge is 0.262 e. The molecule has 0 aliphatic carbocycles. The van der Waals surface area contributed by atoms with Crippen molar-refractivity contribution in [2.75, 3.05) is 16.8 Å². The number of aromatic nitrogens is 2. The third-order valence-corrected chi connectivity index (χ3v) is 6.58. The molecule has 5 rings (SSSR count). The number of nitrogens with zero attached hydrogens (tertiary/aromatic N) is 3. The molecule has 0 fully saturated rings. The highest BCUT2D eigenvalue weighted by molar-refractivity contribution is 7.22. The number of carbonyl (C=O) groups is 2. The zero-order valence-electron chi connectivity index (χ0n) is 16.7. The maximum atomic E-state index is 13.2. The zero-order chi connectivity index (χ0) is 21.5. The van der Waals surface area contributed by atoms with Crippen molar-refractivity contribution in [3.8, 4) is 10.4 Å². The number of rotatable bonds is 3. The van der Waals surface area contributed by atoms with Crippen molar-refractivity contribution >= 4 is 44.7 Å². The minimum absolute atomic E-state index is 0.0874. The molecule has 31 heavy (non-hydrogen) atoms. The van der Waals surface area contributed by atoms with Crippen LogP contribution in [0.3, 0.4) is 0 Å². The number of benzene rings is 2. The molecule has 2 amide bonds. The van der Waals surface area contributed by atoms with Crippen molar-refractivity contribution in [2.24, 2.45) is 0 Å². The third kappa shape index (κ3) is 3.30. The third-order valence-electron chi connectivity index (χ3n) is 5.33. The summed E-state index contributed by atoms with van der Waals surface area (Å²) in [5.74, 6) is -0.615. The van der Waals surface area contributed by atoms with Gasteiger partial charge in [-0.1, -0.05) is 42.5 Å². The molecular weight excluding hydrogens is 412 g/mol. The van der Waals surface area contributed by atoms with Crippen LogP contribution in [0.4, 0.5) is 11.4 Å². The van der Waals surface area contributed by atoms with E-state index in [2.05, 4.69) is 10.3 Å². The Morgan fingerprint density at radius 2 is 1.84 bits per heavy atom. The predicted octanol–water partition coefficient (Wildman–Crippen LogP) is 3.42. The van der Waals surface area contributed by atoms with Crippen LogP contribution < -0.4 is 15.8 Å². The van der Waals surface area contributed by atoms with E-state index in [4.69, 9.17) is 0 Å². The molecule has 7 nitrogen and oxygen atoms in total. The fraction of sp³-hybridized carbons (Fsp3) is 0.130. The summed E-state index contributed by atoms with van der Waals surface area (Å²) in [6.07, 6.45) is 1.41. The molecule has 2 aromatic carbocycles. The second-order valence-electron chi connectivity index (χ2n) is 7.33. The van der Waals surface area contributed by atoms with Gasteiger partial charge in [-0.15, -0.1) is 11.3 Å². The quantitative estimate of drug-likeness (QED) is 0.540. The fourth-order valence-corrected chi connectivity index (χ4v) is 4.97. The fourth-order valence-electron chi connectivity index (χ4n) is 3.82. The van der Waals surface area contributed by atoms with Gasteiger partial charge in [0.1, 0.15) is 17.9 Å². The van der Waals surface area contributed by atoms with Gasteiger partial charge in [-0.3, -0.25) is 23.9 Å². The number of thiophene rings is 1. The summed E-state index contributed by atoms with van der Waals surface area (Å²) in [6.45, 7) is 1.62. The van der Waals surface area contributed by atoms with Crippen molar-refractivity contribution in [2.45, 2.75) is 13.5 Å². The van der Waals surface area contributed by atoms with Gasteiger partial charge in [-0.05, 0) is 30.2 Å². The largest absolute Gasteiger partial charge is 0.323 e. The van der Waals surface area contributed by atoms with Crippen molar-refractivity contribution in [1.29, 1.82) is 0 Å². The first-order valence-electron chi connectivity index (χ1n) is 9.76. The van der Waals surface area contributed by atoms with E-state index < -0.39 is 0 Å². The van der Waals surface area contributed by atoms with Gasteiger partial charge >= 0.3 is 0 Å². The molecule has 0 spiro atoms. The highest BCUT2D eigenvalue weighted by Crippen LogP contribution is 2.35. The highest BCUT2D eigenvalue weighted by atomic mass is 32.1. The number of anilines is 2. The van der Waals surface area contributed by atoms with Crippen molar-refractivity contribution in [3.63, 3.8) is 0 Å². The molecule has 4 aromatic rings. The number of fused-ring (bicyclic) bond motifs is 2. The molecule has 0 radical (unpaired) electrons. The predicted molar refractivity (Wildman–Crippen MR) is 121 cm³/mol. The van der Waals surface area contributed by atoms with Crippen LogP contribution in [0.5, 0.6) is 0 Å². The standard InChI is InChI=1S/C23H18N4O3S/c1-14-20-22(31-21(14)15-7-3-2-4-8-15)24-13-26(23(20)30)12-19(29)27-11-18(28)25-16-9-5-6-10-17(16)27/h2-10,13H,11-12H2,1H3,(H,25,28). The molecule has 1 N–H and O–H groups in total. The number of hydrogen-bond donors (Lipinski definition) is 1. The number of carbonyl (C=O) groups excluding carboxylic acids is 2. The lowest BCUT2D eigenvalue weighted by Crippen LogP contribution is -2.44. The molecular formula is C23H18N4O3S. The first kappa shape index (κ1) is 19.2. The summed E-state index contributed by atoms with van der Waals surface area (Å²) in [5, 5.41) is 3.28. The lowest BCUT2D eigenvalue weighted by atomic mass is 10.1. The Bertz CT molecular complexity index is 1390. The van der Waals surface area contributed by atoms with Crippen molar-refractivity contribution in [3.05, 3.63) is 76.8 Å². The van der Waals surface area contributed by atoms with Crippen LogP contribution in [0, 0.1) is 6.92 Å². The molecule has 8 heteroatoms. The Labute approximate surface area is 181 Å². The van der Waals surface area contributed by atoms with E-state index in [1.165, 1.54) is 27.1 Å². The van der Waals surface area contributed by atoms with Crippen LogP contribution in [0.25, 0.3) is 20.7 Å². The first-order chi connectivity index (χ1) is 15.0. The lowest BCUT2D eigenvalue weighted by molar-refractivity contribution is -0.122. The van der Waals surface area contributed by atoms with E-state index in [1.54, 1.807) is 24.3 Å². The van der Waals surface area contributed by atoms with E-state index in [9.17, 15) is 14.4 Å². The summed E-state index contributed by atoms with van der Waals surface area (Å²) < 4.78 is 1.31. The zero-order valence-corrected chi connectivity index (χ0v) is 17.5. The summed E-state index contributed by atoms with van der Waals surface area (Å²) in [6, 6.07) is 17.0. The van der Waals surface area contributed by atoms with Gasteiger partial charge in [0.15, 0.2) is 0 Å². The lowest BCUT2D eigenvalue weighted by Gasteiger charge is -2.29. The SMILES string of the molecule is Cc1c(-c2ccccc2)sc2ncn(CC(=O)N3CC(=O)Nc4ccccc43)c(=O)c12. The molecule has 1 aliphatic heterocycles. The minimum Gasteiger partial charge on any atom is -0.323 e. The summed E-state index contributed by atoms with van der Waals surface area (Å²) in [5.41, 5.74) is 2.82. The van der Waals surface area contributed by atoms with E-state index in [1.807, 2.05) is 37.3 Å². The second kappa shape index (κ2) is 7.48. The Morgan fingerprint density at radius 3 is 2.65 bits per heavy atom. The normalized spacial score (nSPS) is 13.2. The second-order valence-corrected chi connectivity index (χ2v) is 8.32. The van der Waals surface area contributed by atoms with Crippen LogP contribution in [0.15, 0.2) is 65.7 Å². The van der Waals surface area contributed by atoms with Gasteiger partial charge in [0.05, 0.1) is 23.1 Å². The number of amides is 2. The molecule has 0 bridgehead atoms. The Balaban J connectivity index is 1.51. The Hall–Kier alpha value is -3.78. The molecule has 1 aliphatic rings. The van der Waals surface area contributed by atoms with Gasteiger partial charge in [-0.2, -0.15) is 0 Å². The summed E-state index contributed by atoms with van der Waals surface area (Å²) in [7, 11) is 0. The van der Waals surface area contributed by atoms with Crippen LogP contribution in [-0.4, -0.2) is 27.9 Å². The van der Waals surface area contributed by atoms with E-state index in [0.29, 0.717) is 21.6 Å². The molecule has 0 saturated carbocycles. The van der Waals surface area contributed by atoms with Gasteiger partial charge in [0, 0.05) is 4.88 Å². The van der Waals surface area contributed by atoms with Gasteiger partial charge in [0.25, 0.3) is 5.56 Å². The van der Waals surface area contributed by atoms with Gasteiger partial charge in [0.2, 0.25) is 11.8 Å². The first-order valence-corrected chi connectivity index (χ1v) is 10.6. The van der Waals surface area contributed by atoms with E-state index >= 15 is 0 Å². The molecule has 0 saturated heterocycles. The highest BCUT2D eigenvalue weighted by Gasteiger charge is 2.27. The van der Waals surface area contributed by atoms with E-state index in [-0.39, 0.29) is 30.5 Å². The number of aryl methyl sites for hydroxylation is 1. The van der Waals surface area contributed by atoms with Crippen molar-refractivity contribution < 1.29 is 9.59 Å². The van der Waals surface area contributed by atoms with Crippen LogP contribution in [0.2, 0.25) is 0 Å². The number of para-hydroxylation sites is 2. The molecule has 154 valence electrons. The number of nitrogens with one attached hydrogen (secondary N) is 1. The summed E-state index contributed by atoms with van der Waals surface area (Å²) in [4.78, 5) is 45.7.